The van der Waals surface area contributed by atoms with Gasteiger partial charge in [0.15, 0.2) is 0 Å². The van der Waals surface area contributed by atoms with Crippen molar-refractivity contribution >= 4 is 66.0 Å². The predicted octanol–water partition coefficient (Wildman–Crippen LogP) is 4.80. The molecule has 0 bridgehead atoms. The van der Waals surface area contributed by atoms with E-state index in [1.54, 1.807) is 17.4 Å². The van der Waals surface area contributed by atoms with E-state index in [1.807, 2.05) is 29.6 Å². The van der Waals surface area contributed by atoms with E-state index < -0.39 is 16.1 Å². The van der Waals surface area contributed by atoms with Crippen molar-refractivity contribution in [2.45, 2.75) is 29.5 Å². The number of benzene rings is 1. The van der Waals surface area contributed by atoms with Gasteiger partial charge in [0, 0.05) is 16.9 Å². The number of carbonyl (C=O) groups excluding carboxylic acids is 1. The molecule has 0 radical (unpaired) electrons. The molecule has 1 aliphatic rings. The normalized spacial score (nSPS) is 18.6. The molecule has 3 aromatic rings. The van der Waals surface area contributed by atoms with E-state index in [0.29, 0.717) is 23.0 Å². The first-order chi connectivity index (χ1) is 12.9. The van der Waals surface area contributed by atoms with Gasteiger partial charge in [-0.1, -0.05) is 18.0 Å². The monoisotopic (exact) mass is 440 g/mol. The number of rotatable bonds is 4. The van der Waals surface area contributed by atoms with E-state index >= 15 is 0 Å². The molecular formula is C18H17ClN2O3S3. The largest absolute Gasteiger partial charge is 0.325 e. The number of carbonyl (C=O) groups is 1. The predicted molar refractivity (Wildman–Crippen MR) is 111 cm³/mol. The first kappa shape index (κ1) is 18.9. The lowest BCUT2D eigenvalue weighted by Crippen LogP contribution is -2.49. The SMILES string of the molecule is O=C(Nc1ccc2sccc2c1)C1CCCCN1S(=O)(=O)c1ccc(Cl)s1. The Morgan fingerprint density at radius 1 is 1.19 bits per heavy atom. The number of piperidine rings is 1. The van der Waals surface area contributed by atoms with Crippen LogP contribution in [0.3, 0.4) is 0 Å². The van der Waals surface area contributed by atoms with Crippen LogP contribution in [0, 0.1) is 0 Å². The number of fused-ring (bicyclic) bond motifs is 1. The average molecular weight is 441 g/mol. The smallest absolute Gasteiger partial charge is 0.253 e. The second kappa shape index (κ2) is 7.52. The van der Waals surface area contributed by atoms with Crippen LogP contribution in [-0.2, 0) is 14.8 Å². The summed E-state index contributed by atoms with van der Waals surface area (Å²) >= 11 is 8.56. The zero-order valence-electron chi connectivity index (χ0n) is 14.2. The number of amides is 1. The molecule has 1 saturated heterocycles. The minimum atomic E-state index is -3.75. The first-order valence-electron chi connectivity index (χ1n) is 8.50. The van der Waals surface area contributed by atoms with Gasteiger partial charge in [0.1, 0.15) is 10.3 Å². The molecule has 142 valence electrons. The third kappa shape index (κ3) is 3.77. The number of nitrogens with one attached hydrogen (secondary N) is 1. The van der Waals surface area contributed by atoms with Gasteiger partial charge >= 0.3 is 0 Å². The standard InChI is InChI=1S/C18H17ClN2O3S3/c19-16-6-7-17(26-16)27(23,24)21-9-2-1-3-14(21)18(22)20-13-4-5-15-12(11-13)8-10-25-15/h4-8,10-11,14H,1-3,9H2,(H,20,22). The maximum Gasteiger partial charge on any atom is 0.253 e. The molecule has 1 aliphatic heterocycles. The molecule has 3 heterocycles. The zero-order valence-corrected chi connectivity index (χ0v) is 17.4. The van der Waals surface area contributed by atoms with E-state index in [9.17, 15) is 13.2 Å². The molecule has 1 atom stereocenters. The fraction of sp³-hybridized carbons (Fsp3) is 0.278. The van der Waals surface area contributed by atoms with Gasteiger partial charge in [-0.05, 0) is 60.0 Å². The lowest BCUT2D eigenvalue weighted by Gasteiger charge is -2.33. The summed E-state index contributed by atoms with van der Waals surface area (Å²) < 4.78 is 29.1. The highest BCUT2D eigenvalue weighted by Crippen LogP contribution is 2.32. The zero-order chi connectivity index (χ0) is 19.0. The second-order valence-electron chi connectivity index (χ2n) is 6.35. The Morgan fingerprint density at radius 3 is 2.81 bits per heavy atom. The van der Waals surface area contributed by atoms with E-state index in [0.717, 1.165) is 34.3 Å². The number of nitrogens with zero attached hydrogens (tertiary/aromatic N) is 1. The van der Waals surface area contributed by atoms with Crippen molar-refractivity contribution in [2.24, 2.45) is 0 Å². The average Bonchev–Trinajstić information content (AvgIpc) is 3.30. The number of halogens is 1. The molecule has 0 spiro atoms. The lowest BCUT2D eigenvalue weighted by molar-refractivity contribution is -0.120. The molecule has 27 heavy (non-hydrogen) atoms. The van der Waals surface area contributed by atoms with Crippen LogP contribution in [0.4, 0.5) is 5.69 Å². The second-order valence-corrected chi connectivity index (χ2v) is 11.1. The summed E-state index contributed by atoms with van der Waals surface area (Å²) in [5.41, 5.74) is 0.674. The van der Waals surface area contributed by atoms with Crippen LogP contribution in [0.2, 0.25) is 4.34 Å². The van der Waals surface area contributed by atoms with Gasteiger partial charge in [-0.3, -0.25) is 4.79 Å². The third-order valence-corrected chi connectivity index (χ3v) is 9.09. The van der Waals surface area contributed by atoms with Crippen LogP contribution in [0.25, 0.3) is 10.1 Å². The maximum atomic E-state index is 13.0. The van der Waals surface area contributed by atoms with Gasteiger partial charge < -0.3 is 5.32 Å². The van der Waals surface area contributed by atoms with E-state index in [1.165, 1.54) is 10.4 Å². The molecule has 2 aromatic heterocycles. The van der Waals surface area contributed by atoms with Crippen molar-refractivity contribution in [2.75, 3.05) is 11.9 Å². The quantitative estimate of drug-likeness (QED) is 0.633. The molecule has 1 fully saturated rings. The van der Waals surface area contributed by atoms with Gasteiger partial charge in [-0.2, -0.15) is 4.31 Å². The molecule has 1 aromatic carbocycles. The van der Waals surface area contributed by atoms with Crippen LogP contribution in [0.1, 0.15) is 19.3 Å². The van der Waals surface area contributed by atoms with E-state index in [4.69, 9.17) is 11.6 Å². The fourth-order valence-corrected chi connectivity index (χ4v) is 7.32. The molecule has 1 unspecified atom stereocenters. The van der Waals surface area contributed by atoms with Crippen molar-refractivity contribution in [1.29, 1.82) is 0 Å². The lowest BCUT2D eigenvalue weighted by atomic mass is 10.0. The van der Waals surface area contributed by atoms with E-state index in [-0.39, 0.29) is 10.1 Å². The van der Waals surface area contributed by atoms with Gasteiger partial charge in [-0.25, -0.2) is 8.42 Å². The highest BCUT2D eigenvalue weighted by Gasteiger charge is 2.38. The summed E-state index contributed by atoms with van der Waals surface area (Å²) in [6.45, 7) is 0.333. The number of hydrogen-bond acceptors (Lipinski definition) is 5. The highest BCUT2D eigenvalue weighted by molar-refractivity contribution is 7.91. The number of hydrogen-bond donors (Lipinski definition) is 1. The summed E-state index contributed by atoms with van der Waals surface area (Å²) in [5.74, 6) is -0.296. The molecule has 5 nitrogen and oxygen atoms in total. The van der Waals surface area contributed by atoms with Crippen LogP contribution in [-0.4, -0.2) is 31.2 Å². The summed E-state index contributed by atoms with van der Waals surface area (Å²) in [6.07, 6.45) is 2.06. The van der Waals surface area contributed by atoms with Crippen molar-refractivity contribution in [3.63, 3.8) is 0 Å². The number of sulfonamides is 1. The summed E-state index contributed by atoms with van der Waals surface area (Å²) in [6, 6.07) is 10.0. The Balaban J connectivity index is 1.58. The van der Waals surface area contributed by atoms with Crippen molar-refractivity contribution in [1.82, 2.24) is 4.31 Å². The van der Waals surface area contributed by atoms with Crippen LogP contribution in [0.15, 0.2) is 46.0 Å². The molecule has 9 heteroatoms. The Morgan fingerprint density at radius 2 is 2.04 bits per heavy atom. The molecule has 1 N–H and O–H groups in total. The molecule has 0 saturated carbocycles. The minimum Gasteiger partial charge on any atom is -0.325 e. The van der Waals surface area contributed by atoms with Gasteiger partial charge in [-0.15, -0.1) is 22.7 Å². The van der Waals surface area contributed by atoms with Crippen molar-refractivity contribution in [3.8, 4) is 0 Å². The van der Waals surface area contributed by atoms with Crippen LogP contribution in [0.5, 0.6) is 0 Å². The Kier molecular flexibility index (Phi) is 5.26. The Hall–Kier alpha value is -1.45. The molecular weight excluding hydrogens is 424 g/mol. The molecule has 0 aliphatic carbocycles. The van der Waals surface area contributed by atoms with Crippen LogP contribution >= 0.6 is 34.3 Å². The minimum absolute atomic E-state index is 0.173. The highest BCUT2D eigenvalue weighted by atomic mass is 35.5. The van der Waals surface area contributed by atoms with E-state index in [2.05, 4.69) is 5.32 Å². The van der Waals surface area contributed by atoms with Gasteiger partial charge in [0.2, 0.25) is 5.91 Å². The van der Waals surface area contributed by atoms with Crippen molar-refractivity contribution in [3.05, 3.63) is 46.1 Å². The Labute approximate surface area is 170 Å². The molecule has 4 rings (SSSR count). The maximum absolute atomic E-state index is 13.0. The number of anilines is 1. The fourth-order valence-electron chi connectivity index (χ4n) is 3.28. The topological polar surface area (TPSA) is 66.5 Å². The molecule has 1 amide bonds. The van der Waals surface area contributed by atoms with Crippen LogP contribution < -0.4 is 5.32 Å². The van der Waals surface area contributed by atoms with Gasteiger partial charge in [0.25, 0.3) is 10.0 Å². The van der Waals surface area contributed by atoms with Crippen molar-refractivity contribution < 1.29 is 13.2 Å². The van der Waals surface area contributed by atoms with Gasteiger partial charge in [0.05, 0.1) is 4.34 Å². The summed E-state index contributed by atoms with van der Waals surface area (Å²) in [7, 11) is -3.75. The summed E-state index contributed by atoms with van der Waals surface area (Å²) in [4.78, 5) is 12.9. The number of thiophene rings is 2. The first-order valence-corrected chi connectivity index (χ1v) is 12.0. The third-order valence-electron chi connectivity index (χ3n) is 4.59. The summed E-state index contributed by atoms with van der Waals surface area (Å²) in [5, 5.41) is 5.94. The Bertz CT molecular complexity index is 1090.